The molecule has 4 heteroatoms. The van der Waals surface area contributed by atoms with Crippen molar-refractivity contribution in [2.24, 2.45) is 5.84 Å². The van der Waals surface area contributed by atoms with Gasteiger partial charge in [0.1, 0.15) is 5.82 Å². The van der Waals surface area contributed by atoms with Crippen LogP contribution in [0.4, 0.5) is 10.1 Å². The van der Waals surface area contributed by atoms with E-state index in [9.17, 15) is 4.39 Å². The minimum Gasteiger partial charge on any atom is -0.271 e. The van der Waals surface area contributed by atoms with Crippen molar-refractivity contribution >= 4 is 5.69 Å². The number of anilines is 1. The van der Waals surface area contributed by atoms with Gasteiger partial charge in [-0.1, -0.05) is 26.0 Å². The second-order valence-electron chi connectivity index (χ2n) is 3.84. The highest BCUT2D eigenvalue weighted by Gasteiger charge is 2.09. The second kappa shape index (κ2) is 5.63. The number of nitrogens with zero attached hydrogens (tertiary/aromatic N) is 1. The lowest BCUT2D eigenvalue weighted by molar-refractivity contribution is 0.596. The minimum absolute atomic E-state index is 0.176. The highest BCUT2D eigenvalue weighted by molar-refractivity contribution is 5.49. The van der Waals surface area contributed by atoms with Crippen LogP contribution in [-0.4, -0.2) is 0 Å². The Morgan fingerprint density at radius 1 is 1.44 bits per heavy atom. The molecule has 0 bridgehead atoms. The van der Waals surface area contributed by atoms with Crippen LogP contribution in [0.1, 0.15) is 32.3 Å². The van der Waals surface area contributed by atoms with Crippen LogP contribution >= 0.6 is 0 Å². The van der Waals surface area contributed by atoms with Crippen molar-refractivity contribution in [3.8, 4) is 0 Å². The zero-order valence-corrected chi connectivity index (χ0v) is 9.87. The molecule has 0 spiro atoms. The first-order valence-corrected chi connectivity index (χ1v) is 5.28. The molecule has 88 valence electrons. The Morgan fingerprint density at radius 2 is 2.12 bits per heavy atom. The van der Waals surface area contributed by atoms with Crippen LogP contribution in [-0.2, 0) is 0 Å². The molecule has 0 aliphatic heterocycles. The number of allylic oxidation sites excluding steroid dienone is 1. The monoisotopic (exact) mass is 223 g/mol. The molecule has 0 atom stereocenters. The van der Waals surface area contributed by atoms with Gasteiger partial charge in [0.15, 0.2) is 0 Å². The molecule has 16 heavy (non-hydrogen) atoms. The number of benzene rings is 1. The Morgan fingerprint density at radius 3 is 2.56 bits per heavy atom. The molecule has 0 aliphatic carbocycles. The molecule has 3 nitrogen and oxygen atoms in total. The van der Waals surface area contributed by atoms with E-state index >= 15 is 0 Å². The Balaban J connectivity index is 3.04. The zero-order valence-electron chi connectivity index (χ0n) is 9.87. The third kappa shape index (κ3) is 2.81. The van der Waals surface area contributed by atoms with Gasteiger partial charge in [-0.05, 0) is 30.5 Å². The van der Waals surface area contributed by atoms with Crippen molar-refractivity contribution in [3.63, 3.8) is 0 Å². The molecule has 1 aromatic carbocycles. The summed E-state index contributed by atoms with van der Waals surface area (Å²) < 4.78 is 13.7. The smallest absolute Gasteiger partial charge is 0.128 e. The Bertz CT molecular complexity index is 375. The average molecular weight is 223 g/mol. The van der Waals surface area contributed by atoms with Crippen LogP contribution in [0, 0.1) is 5.82 Å². The lowest BCUT2D eigenvalue weighted by Gasteiger charge is -2.19. The van der Waals surface area contributed by atoms with Crippen molar-refractivity contribution in [1.82, 2.24) is 5.53 Å². The molecular formula is C12H18FN3. The Hall–Kier alpha value is -1.39. The number of rotatable bonds is 4. The van der Waals surface area contributed by atoms with E-state index in [4.69, 9.17) is 5.84 Å². The molecular weight excluding hydrogens is 205 g/mol. The first kappa shape index (κ1) is 12.7. The van der Waals surface area contributed by atoms with E-state index in [1.165, 1.54) is 6.07 Å². The SMILES string of the molecule is C/C=C\N(NN)c1ccc(C(C)C)c(F)c1. The maximum atomic E-state index is 13.7. The summed E-state index contributed by atoms with van der Waals surface area (Å²) in [7, 11) is 0. The highest BCUT2D eigenvalue weighted by Crippen LogP contribution is 2.23. The van der Waals surface area contributed by atoms with Crippen molar-refractivity contribution in [1.29, 1.82) is 0 Å². The molecule has 0 radical (unpaired) electrons. The third-order valence-corrected chi connectivity index (χ3v) is 2.32. The predicted octanol–water partition coefficient (Wildman–Crippen LogP) is 2.67. The van der Waals surface area contributed by atoms with Crippen molar-refractivity contribution in [3.05, 3.63) is 41.9 Å². The summed E-state index contributed by atoms with van der Waals surface area (Å²) in [6.45, 7) is 5.79. The van der Waals surface area contributed by atoms with Gasteiger partial charge in [0.25, 0.3) is 0 Å². The fourth-order valence-corrected chi connectivity index (χ4v) is 1.49. The molecule has 3 N–H and O–H groups in total. The van der Waals surface area contributed by atoms with E-state index in [2.05, 4.69) is 5.53 Å². The van der Waals surface area contributed by atoms with Gasteiger partial charge in [-0.3, -0.25) is 10.9 Å². The summed E-state index contributed by atoms with van der Waals surface area (Å²) in [6, 6.07) is 5.08. The fraction of sp³-hybridized carbons (Fsp3) is 0.333. The van der Waals surface area contributed by atoms with Gasteiger partial charge in [-0.25, -0.2) is 4.39 Å². The fourth-order valence-electron chi connectivity index (χ4n) is 1.49. The standard InChI is InChI=1S/C12H18FN3/c1-4-7-16(15-14)10-5-6-11(9(2)3)12(13)8-10/h4-9,15H,14H2,1-3H3/b7-4-. The summed E-state index contributed by atoms with van der Waals surface area (Å²) in [5.41, 5.74) is 3.85. The van der Waals surface area contributed by atoms with E-state index in [-0.39, 0.29) is 11.7 Å². The molecule has 0 aromatic heterocycles. The molecule has 0 saturated carbocycles. The van der Waals surface area contributed by atoms with Crippen LogP contribution < -0.4 is 16.4 Å². The molecule has 1 aromatic rings. The lowest BCUT2D eigenvalue weighted by Crippen LogP contribution is -2.39. The van der Waals surface area contributed by atoms with Gasteiger partial charge in [0.2, 0.25) is 0 Å². The molecule has 1 rings (SSSR count). The van der Waals surface area contributed by atoms with Crippen molar-refractivity contribution in [2.45, 2.75) is 26.7 Å². The van der Waals surface area contributed by atoms with Gasteiger partial charge in [-0.15, -0.1) is 0 Å². The highest BCUT2D eigenvalue weighted by atomic mass is 19.1. The number of nitrogens with two attached hydrogens (primary N) is 1. The van der Waals surface area contributed by atoms with Crippen molar-refractivity contribution < 1.29 is 4.39 Å². The van der Waals surface area contributed by atoms with Gasteiger partial charge in [0, 0.05) is 6.20 Å². The first-order valence-electron chi connectivity index (χ1n) is 5.28. The van der Waals surface area contributed by atoms with Crippen molar-refractivity contribution in [2.75, 3.05) is 5.01 Å². The van der Waals surface area contributed by atoms with E-state index in [0.717, 1.165) is 0 Å². The minimum atomic E-state index is -0.211. The molecule has 0 saturated heterocycles. The topological polar surface area (TPSA) is 41.3 Å². The zero-order chi connectivity index (χ0) is 12.1. The second-order valence-corrected chi connectivity index (χ2v) is 3.84. The third-order valence-electron chi connectivity index (χ3n) is 2.32. The summed E-state index contributed by atoms with van der Waals surface area (Å²) in [5.74, 6) is 5.31. The summed E-state index contributed by atoms with van der Waals surface area (Å²) in [4.78, 5) is 0. The molecule has 0 unspecified atom stereocenters. The summed E-state index contributed by atoms with van der Waals surface area (Å²) in [5, 5.41) is 1.55. The number of halogens is 1. The van der Waals surface area contributed by atoms with Gasteiger partial charge < -0.3 is 0 Å². The number of hydrogen-bond donors (Lipinski definition) is 2. The predicted molar refractivity (Wildman–Crippen MR) is 65.1 cm³/mol. The number of nitrogens with one attached hydrogen (secondary N) is 1. The van der Waals surface area contributed by atoms with Crippen LogP contribution in [0.15, 0.2) is 30.5 Å². The van der Waals surface area contributed by atoms with Gasteiger partial charge >= 0.3 is 0 Å². The average Bonchev–Trinajstić information content (AvgIpc) is 2.25. The van der Waals surface area contributed by atoms with Gasteiger partial charge in [0.05, 0.1) is 5.69 Å². The van der Waals surface area contributed by atoms with Crippen LogP contribution in [0.5, 0.6) is 0 Å². The van der Waals surface area contributed by atoms with Crippen LogP contribution in [0.2, 0.25) is 0 Å². The lowest BCUT2D eigenvalue weighted by atomic mass is 10.0. The normalized spacial score (nSPS) is 11.4. The Kier molecular flexibility index (Phi) is 4.46. The largest absolute Gasteiger partial charge is 0.271 e. The van der Waals surface area contributed by atoms with E-state index in [1.54, 1.807) is 17.3 Å². The van der Waals surface area contributed by atoms with Crippen LogP contribution in [0.3, 0.4) is 0 Å². The number of hydrogen-bond acceptors (Lipinski definition) is 3. The number of hydrazine groups is 2. The summed E-state index contributed by atoms with van der Waals surface area (Å²) in [6.07, 6.45) is 3.54. The maximum Gasteiger partial charge on any atom is 0.128 e. The van der Waals surface area contributed by atoms with E-state index < -0.39 is 0 Å². The molecule has 0 amide bonds. The molecule has 0 fully saturated rings. The van der Waals surface area contributed by atoms with Crippen LogP contribution in [0.25, 0.3) is 0 Å². The first-order chi connectivity index (χ1) is 7.60. The molecule has 0 aliphatic rings. The quantitative estimate of drug-likeness (QED) is 0.609. The van der Waals surface area contributed by atoms with E-state index in [0.29, 0.717) is 11.3 Å². The van der Waals surface area contributed by atoms with Gasteiger partial charge in [-0.2, -0.15) is 5.53 Å². The summed E-state index contributed by atoms with van der Waals surface area (Å²) >= 11 is 0. The van der Waals surface area contributed by atoms with E-state index in [1.807, 2.05) is 32.9 Å². The Labute approximate surface area is 95.7 Å². The maximum absolute atomic E-state index is 13.7. The molecule has 0 heterocycles.